The molecule has 1 fully saturated rings. The predicted molar refractivity (Wildman–Crippen MR) is 62.1 cm³/mol. The zero-order chi connectivity index (χ0) is 11.0. The van der Waals surface area contributed by atoms with E-state index in [9.17, 15) is 4.79 Å². The lowest BCUT2D eigenvalue weighted by Gasteiger charge is -2.23. The molecule has 0 bridgehead atoms. The Labute approximate surface area is 98.1 Å². The van der Waals surface area contributed by atoms with Gasteiger partial charge in [0.25, 0.3) is 0 Å². The molecule has 2 heterocycles. The molecule has 4 heteroatoms. The molecule has 0 radical (unpaired) electrons. The Hall–Kier alpha value is -1.16. The SMILES string of the molecule is O=C(Cc1ccc2c(c1)OCO2)C1CSC1. The summed E-state index contributed by atoms with van der Waals surface area (Å²) in [5.74, 6) is 4.13. The van der Waals surface area contributed by atoms with Crippen LogP contribution in [0, 0.1) is 5.92 Å². The zero-order valence-electron chi connectivity index (χ0n) is 8.77. The third kappa shape index (κ3) is 1.78. The number of hydrogen-bond donors (Lipinski definition) is 0. The molecule has 3 nitrogen and oxygen atoms in total. The Balaban J connectivity index is 1.72. The number of thioether (sulfide) groups is 1. The number of ketones is 1. The van der Waals surface area contributed by atoms with Crippen molar-refractivity contribution in [2.45, 2.75) is 6.42 Å². The van der Waals surface area contributed by atoms with Gasteiger partial charge in [0, 0.05) is 23.8 Å². The fourth-order valence-corrected chi connectivity index (χ4v) is 2.66. The van der Waals surface area contributed by atoms with E-state index in [0.29, 0.717) is 12.2 Å². The van der Waals surface area contributed by atoms with Crippen LogP contribution in [0.5, 0.6) is 11.5 Å². The molecule has 1 saturated heterocycles. The summed E-state index contributed by atoms with van der Waals surface area (Å²) in [5.41, 5.74) is 1.02. The van der Waals surface area contributed by atoms with Crippen LogP contribution < -0.4 is 9.47 Å². The van der Waals surface area contributed by atoms with Crippen molar-refractivity contribution in [1.82, 2.24) is 0 Å². The smallest absolute Gasteiger partial charge is 0.231 e. The predicted octanol–water partition coefficient (Wildman–Crippen LogP) is 1.89. The van der Waals surface area contributed by atoms with Gasteiger partial charge in [-0.05, 0) is 17.7 Å². The fourth-order valence-electron chi connectivity index (χ4n) is 1.82. The summed E-state index contributed by atoms with van der Waals surface area (Å²) in [6.45, 7) is 0.284. The van der Waals surface area contributed by atoms with Gasteiger partial charge in [-0.2, -0.15) is 11.8 Å². The molecule has 0 spiro atoms. The van der Waals surface area contributed by atoms with Crippen LogP contribution >= 0.6 is 11.8 Å². The average Bonchev–Trinajstić information content (AvgIpc) is 2.61. The molecule has 84 valence electrons. The Morgan fingerprint density at radius 3 is 2.88 bits per heavy atom. The van der Waals surface area contributed by atoms with Gasteiger partial charge in [0.05, 0.1) is 0 Å². The number of hydrogen-bond acceptors (Lipinski definition) is 4. The lowest BCUT2D eigenvalue weighted by molar-refractivity contribution is -0.121. The summed E-state index contributed by atoms with van der Waals surface area (Å²) >= 11 is 1.84. The molecule has 0 N–H and O–H groups in total. The second-order valence-corrected chi connectivity index (χ2v) is 5.14. The number of fused-ring (bicyclic) bond motifs is 1. The van der Waals surface area contributed by atoms with Crippen molar-refractivity contribution >= 4 is 17.5 Å². The van der Waals surface area contributed by atoms with Crippen LogP contribution in [0.3, 0.4) is 0 Å². The summed E-state index contributed by atoms with van der Waals surface area (Å²) in [7, 11) is 0. The van der Waals surface area contributed by atoms with E-state index in [2.05, 4.69) is 0 Å². The summed E-state index contributed by atoms with van der Waals surface area (Å²) in [6.07, 6.45) is 0.516. The minimum Gasteiger partial charge on any atom is -0.454 e. The highest BCUT2D eigenvalue weighted by atomic mass is 32.2. The first-order valence-corrected chi connectivity index (χ1v) is 6.47. The summed E-state index contributed by atoms with van der Waals surface area (Å²) in [4.78, 5) is 11.8. The minimum atomic E-state index is 0.274. The van der Waals surface area contributed by atoms with E-state index in [4.69, 9.17) is 9.47 Å². The summed E-state index contributed by atoms with van der Waals surface area (Å²) < 4.78 is 10.5. The van der Waals surface area contributed by atoms with Crippen molar-refractivity contribution in [1.29, 1.82) is 0 Å². The lowest BCUT2D eigenvalue weighted by Crippen LogP contribution is -2.28. The topological polar surface area (TPSA) is 35.5 Å². The van der Waals surface area contributed by atoms with Gasteiger partial charge in [0.2, 0.25) is 6.79 Å². The maximum absolute atomic E-state index is 11.8. The standard InChI is InChI=1S/C12H12O3S/c13-10(9-5-16-6-9)3-8-1-2-11-12(4-8)15-7-14-11/h1-2,4,9H,3,5-7H2. The molecule has 1 aromatic carbocycles. The molecule has 3 rings (SSSR count). The molecule has 0 atom stereocenters. The Morgan fingerprint density at radius 2 is 2.12 bits per heavy atom. The first-order chi connectivity index (χ1) is 7.83. The van der Waals surface area contributed by atoms with E-state index in [-0.39, 0.29) is 12.7 Å². The highest BCUT2D eigenvalue weighted by Gasteiger charge is 2.26. The maximum Gasteiger partial charge on any atom is 0.231 e. The molecule has 1 aromatic rings. The van der Waals surface area contributed by atoms with Crippen LogP contribution in [-0.4, -0.2) is 24.1 Å². The minimum absolute atomic E-state index is 0.274. The lowest BCUT2D eigenvalue weighted by atomic mass is 10.00. The second-order valence-electron chi connectivity index (χ2n) is 4.07. The largest absolute Gasteiger partial charge is 0.454 e. The molecule has 0 unspecified atom stereocenters. The molecule has 0 saturated carbocycles. The first kappa shape index (κ1) is 10.0. The van der Waals surface area contributed by atoms with Crippen molar-refractivity contribution in [2.24, 2.45) is 5.92 Å². The molecule has 0 aromatic heterocycles. The molecular formula is C12H12O3S. The molecule has 16 heavy (non-hydrogen) atoms. The van der Waals surface area contributed by atoms with Crippen LogP contribution in [0.25, 0.3) is 0 Å². The summed E-state index contributed by atoms with van der Waals surface area (Å²) in [5, 5.41) is 0. The van der Waals surface area contributed by atoms with E-state index in [0.717, 1.165) is 28.6 Å². The molecular weight excluding hydrogens is 224 g/mol. The van der Waals surface area contributed by atoms with Crippen LogP contribution in [0.15, 0.2) is 18.2 Å². The monoisotopic (exact) mass is 236 g/mol. The van der Waals surface area contributed by atoms with E-state index in [1.807, 2.05) is 30.0 Å². The van der Waals surface area contributed by atoms with Crippen LogP contribution in [0.4, 0.5) is 0 Å². The Bertz CT molecular complexity index is 426. The van der Waals surface area contributed by atoms with Gasteiger partial charge in [-0.15, -0.1) is 0 Å². The van der Waals surface area contributed by atoms with Gasteiger partial charge in [-0.3, -0.25) is 4.79 Å². The molecule has 2 aliphatic rings. The average molecular weight is 236 g/mol. The number of benzene rings is 1. The number of ether oxygens (including phenoxy) is 2. The van der Waals surface area contributed by atoms with Crippen molar-refractivity contribution in [3.8, 4) is 11.5 Å². The van der Waals surface area contributed by atoms with Crippen molar-refractivity contribution in [3.05, 3.63) is 23.8 Å². The number of carbonyl (C=O) groups excluding carboxylic acids is 1. The quantitative estimate of drug-likeness (QED) is 0.803. The van der Waals surface area contributed by atoms with Crippen LogP contribution in [0.1, 0.15) is 5.56 Å². The van der Waals surface area contributed by atoms with E-state index >= 15 is 0 Å². The highest BCUT2D eigenvalue weighted by molar-refractivity contribution is 8.00. The number of rotatable bonds is 3. The van der Waals surface area contributed by atoms with Crippen molar-refractivity contribution < 1.29 is 14.3 Å². The van der Waals surface area contributed by atoms with Crippen LogP contribution in [0.2, 0.25) is 0 Å². The number of Topliss-reactive ketones (excluding diaryl/α,β-unsaturated/α-hetero) is 1. The van der Waals surface area contributed by atoms with Crippen molar-refractivity contribution in [2.75, 3.05) is 18.3 Å². The molecule has 0 amide bonds. The van der Waals surface area contributed by atoms with Crippen LogP contribution in [-0.2, 0) is 11.2 Å². The normalized spacial score (nSPS) is 18.2. The Morgan fingerprint density at radius 1 is 1.31 bits per heavy atom. The van der Waals surface area contributed by atoms with Crippen molar-refractivity contribution in [3.63, 3.8) is 0 Å². The molecule has 0 aliphatic carbocycles. The van der Waals surface area contributed by atoms with E-state index in [1.165, 1.54) is 0 Å². The van der Waals surface area contributed by atoms with E-state index < -0.39 is 0 Å². The zero-order valence-corrected chi connectivity index (χ0v) is 9.59. The van der Waals surface area contributed by atoms with Gasteiger partial charge >= 0.3 is 0 Å². The third-order valence-electron chi connectivity index (χ3n) is 2.91. The van der Waals surface area contributed by atoms with Gasteiger partial charge in [0.1, 0.15) is 5.78 Å². The maximum atomic E-state index is 11.8. The second kappa shape index (κ2) is 4.01. The third-order valence-corrected chi connectivity index (χ3v) is 4.18. The summed E-state index contributed by atoms with van der Waals surface area (Å²) in [6, 6.07) is 5.73. The first-order valence-electron chi connectivity index (χ1n) is 5.32. The van der Waals surface area contributed by atoms with Gasteiger partial charge in [-0.25, -0.2) is 0 Å². The van der Waals surface area contributed by atoms with Gasteiger partial charge in [0.15, 0.2) is 11.5 Å². The number of carbonyl (C=O) groups is 1. The molecule has 2 aliphatic heterocycles. The van der Waals surface area contributed by atoms with Gasteiger partial charge < -0.3 is 9.47 Å². The van der Waals surface area contributed by atoms with Gasteiger partial charge in [-0.1, -0.05) is 6.07 Å². The highest BCUT2D eigenvalue weighted by Crippen LogP contribution is 2.33. The van der Waals surface area contributed by atoms with E-state index in [1.54, 1.807) is 0 Å². The fraction of sp³-hybridized carbons (Fsp3) is 0.417. The Kier molecular flexibility index (Phi) is 2.52.